The molecule has 1 heterocycles. The summed E-state index contributed by atoms with van der Waals surface area (Å²) in [5, 5.41) is 6.12. The molecular formula is C18H24N4O. The van der Waals surface area contributed by atoms with Crippen molar-refractivity contribution in [1.82, 2.24) is 15.3 Å². The fourth-order valence-corrected chi connectivity index (χ4v) is 2.25. The van der Waals surface area contributed by atoms with Crippen LogP contribution in [-0.4, -0.2) is 22.4 Å². The van der Waals surface area contributed by atoms with E-state index in [4.69, 9.17) is 0 Å². The number of amides is 1. The number of nitrogens with zero attached hydrogens (tertiary/aromatic N) is 2. The number of hydrogen-bond donors (Lipinski definition) is 2. The molecule has 0 saturated carbocycles. The van der Waals surface area contributed by atoms with E-state index in [-0.39, 0.29) is 5.91 Å². The molecule has 122 valence electrons. The zero-order chi connectivity index (χ0) is 17.0. The van der Waals surface area contributed by atoms with Crippen molar-refractivity contribution in [2.45, 2.75) is 34.6 Å². The maximum atomic E-state index is 12.2. The summed E-state index contributed by atoms with van der Waals surface area (Å²) in [5.41, 5.74) is 4.34. The van der Waals surface area contributed by atoms with Gasteiger partial charge in [-0.15, -0.1) is 0 Å². The van der Waals surface area contributed by atoms with E-state index in [2.05, 4.69) is 34.4 Å². The molecular weight excluding hydrogens is 288 g/mol. The first-order valence-electron chi connectivity index (χ1n) is 7.84. The fraction of sp³-hybridized carbons (Fsp3) is 0.389. The van der Waals surface area contributed by atoms with Crippen LogP contribution in [0.4, 0.5) is 11.6 Å². The first kappa shape index (κ1) is 16.9. The Labute approximate surface area is 137 Å². The Hall–Kier alpha value is -2.43. The van der Waals surface area contributed by atoms with Crippen molar-refractivity contribution in [1.29, 1.82) is 0 Å². The molecule has 0 fully saturated rings. The van der Waals surface area contributed by atoms with Crippen LogP contribution in [0.25, 0.3) is 0 Å². The zero-order valence-electron chi connectivity index (χ0n) is 14.4. The molecule has 0 atom stereocenters. The number of carbonyl (C=O) groups is 1. The Balaban J connectivity index is 2.25. The fourth-order valence-electron chi connectivity index (χ4n) is 2.25. The predicted molar refractivity (Wildman–Crippen MR) is 93.1 cm³/mol. The zero-order valence-corrected chi connectivity index (χ0v) is 14.4. The molecule has 2 aromatic rings. The Morgan fingerprint density at radius 2 is 1.78 bits per heavy atom. The highest BCUT2D eigenvalue weighted by molar-refractivity contribution is 5.92. The summed E-state index contributed by atoms with van der Waals surface area (Å²) < 4.78 is 0. The van der Waals surface area contributed by atoms with Crippen LogP contribution in [0.2, 0.25) is 0 Å². The van der Waals surface area contributed by atoms with Gasteiger partial charge in [0.05, 0.1) is 0 Å². The van der Waals surface area contributed by atoms with Crippen molar-refractivity contribution < 1.29 is 4.79 Å². The summed E-state index contributed by atoms with van der Waals surface area (Å²) in [7, 11) is 0. The summed E-state index contributed by atoms with van der Waals surface area (Å²) >= 11 is 0. The molecule has 0 bridgehead atoms. The lowest BCUT2D eigenvalue weighted by Crippen LogP contribution is -2.28. The Bertz CT molecular complexity index is 690. The minimum Gasteiger partial charge on any atom is -0.350 e. The molecule has 0 aliphatic rings. The maximum Gasteiger partial charge on any atom is 0.270 e. The van der Waals surface area contributed by atoms with E-state index in [9.17, 15) is 4.79 Å². The van der Waals surface area contributed by atoms with Gasteiger partial charge < -0.3 is 10.6 Å². The van der Waals surface area contributed by atoms with Gasteiger partial charge in [-0.3, -0.25) is 4.79 Å². The third-order valence-electron chi connectivity index (χ3n) is 3.48. The highest BCUT2D eigenvalue weighted by Gasteiger charge is 2.12. The van der Waals surface area contributed by atoms with Gasteiger partial charge in [0.1, 0.15) is 5.69 Å². The Kier molecular flexibility index (Phi) is 5.32. The highest BCUT2D eigenvalue weighted by Crippen LogP contribution is 2.22. The lowest BCUT2D eigenvalue weighted by atomic mass is 10.1. The number of aryl methyl sites for hydroxylation is 3. The molecule has 23 heavy (non-hydrogen) atoms. The first-order valence-corrected chi connectivity index (χ1v) is 7.84. The molecule has 0 aliphatic carbocycles. The normalized spacial score (nSPS) is 10.7. The number of carbonyl (C=O) groups excluding carboxylic acids is 1. The molecule has 0 radical (unpaired) electrons. The molecule has 0 spiro atoms. The molecule has 1 aromatic carbocycles. The van der Waals surface area contributed by atoms with Crippen molar-refractivity contribution in [3.63, 3.8) is 0 Å². The van der Waals surface area contributed by atoms with Crippen molar-refractivity contribution in [2.75, 3.05) is 11.9 Å². The van der Waals surface area contributed by atoms with Crippen LogP contribution in [0, 0.1) is 26.7 Å². The number of hydrogen-bond acceptors (Lipinski definition) is 4. The smallest absolute Gasteiger partial charge is 0.270 e. The number of benzene rings is 1. The van der Waals surface area contributed by atoms with Gasteiger partial charge in [-0.05, 0) is 43.9 Å². The van der Waals surface area contributed by atoms with Gasteiger partial charge in [-0.2, -0.15) is 0 Å². The molecule has 5 heteroatoms. The largest absolute Gasteiger partial charge is 0.350 e. The minimum absolute atomic E-state index is 0.172. The lowest BCUT2D eigenvalue weighted by molar-refractivity contribution is 0.0944. The number of para-hydroxylation sites is 1. The van der Waals surface area contributed by atoms with E-state index >= 15 is 0 Å². The van der Waals surface area contributed by atoms with Gasteiger partial charge >= 0.3 is 0 Å². The van der Waals surface area contributed by atoms with Gasteiger partial charge in [-0.1, -0.05) is 32.0 Å². The van der Waals surface area contributed by atoms with Crippen LogP contribution >= 0.6 is 0 Å². The van der Waals surface area contributed by atoms with E-state index < -0.39 is 0 Å². The molecule has 1 aromatic heterocycles. The number of aromatic nitrogens is 2. The molecule has 2 rings (SSSR count). The minimum atomic E-state index is -0.172. The van der Waals surface area contributed by atoms with Crippen LogP contribution in [0.1, 0.15) is 41.2 Å². The van der Waals surface area contributed by atoms with Crippen molar-refractivity contribution in [2.24, 2.45) is 5.92 Å². The van der Waals surface area contributed by atoms with Crippen LogP contribution < -0.4 is 10.6 Å². The van der Waals surface area contributed by atoms with Crippen LogP contribution in [-0.2, 0) is 0 Å². The third-order valence-corrected chi connectivity index (χ3v) is 3.48. The maximum absolute atomic E-state index is 12.2. The van der Waals surface area contributed by atoms with Crippen molar-refractivity contribution >= 4 is 17.5 Å². The third kappa shape index (κ3) is 4.52. The van der Waals surface area contributed by atoms with Crippen molar-refractivity contribution in [3.05, 3.63) is 46.8 Å². The van der Waals surface area contributed by atoms with Gasteiger partial charge in [0.25, 0.3) is 5.91 Å². The molecule has 0 aliphatic heterocycles. The standard InChI is InChI=1S/C18H24N4O/c1-11(2)10-19-17(23)15-9-14(5)20-18(21-15)22-16-12(3)7-6-8-13(16)4/h6-9,11H,10H2,1-5H3,(H,19,23)(H,20,21,22). The average molecular weight is 312 g/mol. The predicted octanol–water partition coefficient (Wildman–Crippen LogP) is 3.53. The molecule has 0 unspecified atom stereocenters. The van der Waals surface area contributed by atoms with E-state index in [0.29, 0.717) is 24.1 Å². The van der Waals surface area contributed by atoms with E-state index in [0.717, 1.165) is 22.5 Å². The van der Waals surface area contributed by atoms with Crippen LogP contribution in [0.3, 0.4) is 0 Å². The number of anilines is 2. The summed E-state index contributed by atoms with van der Waals surface area (Å²) in [6, 6.07) is 7.77. The van der Waals surface area contributed by atoms with Gasteiger partial charge in [0.15, 0.2) is 0 Å². The van der Waals surface area contributed by atoms with Crippen LogP contribution in [0.15, 0.2) is 24.3 Å². The van der Waals surface area contributed by atoms with E-state index in [1.807, 2.05) is 39.0 Å². The topological polar surface area (TPSA) is 66.9 Å². The summed E-state index contributed by atoms with van der Waals surface area (Å²) in [6.07, 6.45) is 0. The van der Waals surface area contributed by atoms with E-state index in [1.54, 1.807) is 6.07 Å². The molecule has 2 N–H and O–H groups in total. The van der Waals surface area contributed by atoms with Gasteiger partial charge in [0, 0.05) is 17.9 Å². The molecule has 0 saturated heterocycles. The lowest BCUT2D eigenvalue weighted by Gasteiger charge is -2.13. The second-order valence-electron chi connectivity index (χ2n) is 6.21. The van der Waals surface area contributed by atoms with Gasteiger partial charge in [0.2, 0.25) is 5.95 Å². The van der Waals surface area contributed by atoms with Gasteiger partial charge in [-0.25, -0.2) is 9.97 Å². The summed E-state index contributed by atoms with van der Waals surface area (Å²) in [4.78, 5) is 21.0. The second-order valence-corrected chi connectivity index (χ2v) is 6.21. The molecule has 1 amide bonds. The SMILES string of the molecule is Cc1cc(C(=O)NCC(C)C)nc(Nc2c(C)cccc2C)n1. The second kappa shape index (κ2) is 7.22. The summed E-state index contributed by atoms with van der Waals surface area (Å²) in [6.45, 7) is 10.7. The monoisotopic (exact) mass is 312 g/mol. The average Bonchev–Trinajstić information content (AvgIpc) is 2.48. The van der Waals surface area contributed by atoms with Crippen molar-refractivity contribution in [3.8, 4) is 0 Å². The number of rotatable bonds is 5. The van der Waals surface area contributed by atoms with E-state index in [1.165, 1.54) is 0 Å². The Morgan fingerprint density at radius 1 is 1.13 bits per heavy atom. The summed E-state index contributed by atoms with van der Waals surface area (Å²) in [5.74, 6) is 0.667. The Morgan fingerprint density at radius 3 is 2.39 bits per heavy atom. The number of nitrogens with one attached hydrogen (secondary N) is 2. The highest BCUT2D eigenvalue weighted by atomic mass is 16.1. The first-order chi connectivity index (χ1) is 10.9. The van der Waals surface area contributed by atoms with Crippen LogP contribution in [0.5, 0.6) is 0 Å². The molecule has 5 nitrogen and oxygen atoms in total. The quantitative estimate of drug-likeness (QED) is 0.886.